The van der Waals surface area contributed by atoms with E-state index in [4.69, 9.17) is 24.4 Å². The van der Waals surface area contributed by atoms with Crippen LogP contribution < -0.4 is 10.7 Å². The first-order valence-corrected chi connectivity index (χ1v) is 6.58. The second-order valence-electron chi connectivity index (χ2n) is 2.98. The van der Waals surface area contributed by atoms with Crippen molar-refractivity contribution >= 4 is 51.5 Å². The highest BCUT2D eigenvalue weighted by Gasteiger charge is 2.20. The maximum Gasteiger partial charge on any atom is 0.188 e. The average molecular weight is 274 g/mol. The minimum absolute atomic E-state index is 0.489. The molecule has 88 valence electrons. The second kappa shape index (κ2) is 6.82. The summed E-state index contributed by atoms with van der Waals surface area (Å²) >= 11 is 11.9. The summed E-state index contributed by atoms with van der Waals surface area (Å²) in [5.74, 6) is 0.958. The molecule has 1 heterocycles. The third-order valence-corrected chi connectivity index (χ3v) is 3.57. The van der Waals surface area contributed by atoms with Gasteiger partial charge in [-0.3, -0.25) is 5.43 Å². The van der Waals surface area contributed by atoms with Gasteiger partial charge >= 0.3 is 0 Å². The fourth-order valence-corrected chi connectivity index (χ4v) is 2.53. The van der Waals surface area contributed by atoms with Crippen LogP contribution in [0.3, 0.4) is 0 Å². The van der Waals surface area contributed by atoms with Crippen molar-refractivity contribution in [1.82, 2.24) is 15.6 Å². The third-order valence-electron chi connectivity index (χ3n) is 1.87. The van der Waals surface area contributed by atoms with Gasteiger partial charge in [-0.25, -0.2) is 0 Å². The predicted molar refractivity (Wildman–Crippen MR) is 78.8 cm³/mol. The number of thioether (sulfide) groups is 1. The maximum atomic E-state index is 5.29. The Balaban J connectivity index is 2.70. The molecule has 0 aromatic carbocycles. The van der Waals surface area contributed by atoms with Crippen molar-refractivity contribution in [2.45, 2.75) is 6.42 Å². The van der Waals surface area contributed by atoms with E-state index in [0.29, 0.717) is 11.7 Å². The molecule has 0 unspecified atom stereocenters. The van der Waals surface area contributed by atoms with Crippen LogP contribution in [0.2, 0.25) is 0 Å². The summed E-state index contributed by atoms with van der Waals surface area (Å²) in [5, 5.41) is 8.35. The molecule has 0 aliphatic carbocycles. The zero-order valence-electron chi connectivity index (χ0n) is 9.02. The number of rotatable bonds is 3. The van der Waals surface area contributed by atoms with Crippen LogP contribution in [0.4, 0.5) is 0 Å². The molecule has 0 saturated carbocycles. The van der Waals surface area contributed by atoms with E-state index in [0.717, 1.165) is 22.3 Å². The third kappa shape index (κ3) is 3.73. The summed E-state index contributed by atoms with van der Waals surface area (Å²) in [7, 11) is 1.75. The lowest BCUT2D eigenvalue weighted by Gasteiger charge is -2.28. The minimum Gasteiger partial charge on any atom is -0.364 e. The molecule has 4 nitrogen and oxygen atoms in total. The Morgan fingerprint density at radius 3 is 3.12 bits per heavy atom. The lowest BCUT2D eigenvalue weighted by Crippen LogP contribution is -2.40. The van der Waals surface area contributed by atoms with Gasteiger partial charge in [0, 0.05) is 25.8 Å². The Morgan fingerprint density at radius 2 is 2.50 bits per heavy atom. The molecule has 16 heavy (non-hydrogen) atoms. The Kier molecular flexibility index (Phi) is 5.72. The van der Waals surface area contributed by atoms with E-state index in [1.807, 2.05) is 11.0 Å². The maximum absolute atomic E-state index is 5.29. The van der Waals surface area contributed by atoms with E-state index < -0.39 is 0 Å². The molecule has 0 bridgehead atoms. The van der Waals surface area contributed by atoms with Crippen molar-refractivity contribution < 1.29 is 0 Å². The van der Waals surface area contributed by atoms with Gasteiger partial charge in [0.2, 0.25) is 0 Å². The fraction of sp³-hybridized carbons (Fsp3) is 0.444. The number of hydrogen-bond acceptors (Lipinski definition) is 4. The van der Waals surface area contributed by atoms with Gasteiger partial charge in [0.15, 0.2) is 10.3 Å². The van der Waals surface area contributed by atoms with E-state index in [1.54, 1.807) is 18.8 Å². The molecule has 0 aromatic rings. The van der Waals surface area contributed by atoms with Crippen LogP contribution in [-0.2, 0) is 0 Å². The smallest absolute Gasteiger partial charge is 0.188 e. The van der Waals surface area contributed by atoms with E-state index in [-0.39, 0.29) is 0 Å². The number of hydrogen-bond donors (Lipinski definition) is 2. The molecule has 1 saturated heterocycles. The van der Waals surface area contributed by atoms with Gasteiger partial charge in [-0.1, -0.05) is 30.1 Å². The zero-order chi connectivity index (χ0) is 12.0. The lowest BCUT2D eigenvalue weighted by atomic mass is 10.4. The van der Waals surface area contributed by atoms with Gasteiger partial charge < -0.3 is 10.2 Å². The standard InChI is InChI=1S/C9H14N4S3/c1-3-5-13-7(14)4-6-16-9(13)12-11-8(15)10-2/h3H,1,4-6H2,2H3,(H2,10,11,15)/b12-9-. The highest BCUT2D eigenvalue weighted by Crippen LogP contribution is 2.19. The van der Waals surface area contributed by atoms with E-state index >= 15 is 0 Å². The molecule has 0 atom stereocenters. The monoisotopic (exact) mass is 274 g/mol. The normalized spacial score (nSPS) is 18.4. The Labute approximate surface area is 111 Å². The molecule has 1 aliphatic rings. The number of amidine groups is 1. The summed E-state index contributed by atoms with van der Waals surface area (Å²) < 4.78 is 0. The summed E-state index contributed by atoms with van der Waals surface area (Å²) in [6.45, 7) is 4.39. The first-order chi connectivity index (χ1) is 7.69. The highest BCUT2D eigenvalue weighted by molar-refractivity contribution is 8.14. The molecule has 7 heteroatoms. The molecule has 1 rings (SSSR count). The minimum atomic E-state index is 0.489. The zero-order valence-corrected chi connectivity index (χ0v) is 11.5. The Bertz CT molecular complexity index is 327. The molecule has 1 aliphatic heterocycles. The van der Waals surface area contributed by atoms with Crippen molar-refractivity contribution in [1.29, 1.82) is 0 Å². The van der Waals surface area contributed by atoms with Gasteiger partial charge in [-0.2, -0.15) is 0 Å². The van der Waals surface area contributed by atoms with Crippen LogP contribution in [0.5, 0.6) is 0 Å². The topological polar surface area (TPSA) is 39.7 Å². The molecular weight excluding hydrogens is 260 g/mol. The molecule has 1 fully saturated rings. The Hall–Kier alpha value is -0.660. The summed E-state index contributed by atoms with van der Waals surface area (Å²) in [4.78, 5) is 2.86. The van der Waals surface area contributed by atoms with E-state index in [2.05, 4.69) is 22.4 Å². The quantitative estimate of drug-likeness (QED) is 0.459. The second-order valence-corrected chi connectivity index (χ2v) is 4.92. The van der Waals surface area contributed by atoms with Crippen LogP contribution in [0.1, 0.15) is 6.42 Å². The molecule has 0 spiro atoms. The predicted octanol–water partition coefficient (Wildman–Crippen LogP) is 1.30. The van der Waals surface area contributed by atoms with Crippen molar-refractivity contribution in [3.63, 3.8) is 0 Å². The highest BCUT2D eigenvalue weighted by atomic mass is 32.2. The number of nitrogens with zero attached hydrogens (tertiary/aromatic N) is 2. The van der Waals surface area contributed by atoms with Gasteiger partial charge in [0.1, 0.15) is 0 Å². The van der Waals surface area contributed by atoms with Crippen LogP contribution in [0.25, 0.3) is 0 Å². The average Bonchev–Trinajstić information content (AvgIpc) is 2.29. The summed E-state index contributed by atoms with van der Waals surface area (Å²) in [6, 6.07) is 0. The van der Waals surface area contributed by atoms with Crippen molar-refractivity contribution in [2.24, 2.45) is 5.10 Å². The fourth-order valence-electron chi connectivity index (χ4n) is 1.11. The number of thiocarbonyl (C=S) groups is 2. The first kappa shape index (κ1) is 13.4. The number of nitrogens with one attached hydrogen (secondary N) is 2. The van der Waals surface area contributed by atoms with Crippen molar-refractivity contribution in [3.8, 4) is 0 Å². The van der Waals surface area contributed by atoms with Crippen LogP contribution in [-0.4, -0.2) is 39.5 Å². The Morgan fingerprint density at radius 1 is 1.75 bits per heavy atom. The van der Waals surface area contributed by atoms with Crippen LogP contribution in [0.15, 0.2) is 17.8 Å². The van der Waals surface area contributed by atoms with E-state index in [9.17, 15) is 0 Å². The van der Waals surface area contributed by atoms with Gasteiger partial charge in [-0.05, 0) is 12.2 Å². The van der Waals surface area contributed by atoms with Gasteiger partial charge in [0.05, 0.1) is 4.99 Å². The molecule has 0 amide bonds. The van der Waals surface area contributed by atoms with Gasteiger partial charge in [-0.15, -0.1) is 11.7 Å². The van der Waals surface area contributed by atoms with Gasteiger partial charge in [0.25, 0.3) is 0 Å². The van der Waals surface area contributed by atoms with Crippen molar-refractivity contribution in [2.75, 3.05) is 19.3 Å². The summed E-state index contributed by atoms with van der Waals surface area (Å²) in [5.41, 5.74) is 2.76. The molecule has 0 radical (unpaired) electrons. The van der Waals surface area contributed by atoms with Crippen molar-refractivity contribution in [3.05, 3.63) is 12.7 Å². The lowest BCUT2D eigenvalue weighted by molar-refractivity contribution is 0.679. The molecule has 0 aromatic heterocycles. The number of hydrazone groups is 1. The SMILES string of the molecule is C=CCN1C(=S)CCS/C1=N\NC(=S)NC. The largest absolute Gasteiger partial charge is 0.364 e. The van der Waals surface area contributed by atoms with E-state index in [1.165, 1.54) is 0 Å². The van der Waals surface area contributed by atoms with Crippen LogP contribution >= 0.6 is 36.2 Å². The van der Waals surface area contributed by atoms with Crippen LogP contribution in [0, 0.1) is 0 Å². The summed E-state index contributed by atoms with van der Waals surface area (Å²) in [6.07, 6.45) is 2.72. The molecular formula is C9H14N4S3. The molecule has 2 N–H and O–H groups in total. The first-order valence-electron chi connectivity index (χ1n) is 4.78.